The van der Waals surface area contributed by atoms with Gasteiger partial charge in [0.15, 0.2) is 0 Å². The smallest absolute Gasteiger partial charge is 0.487 e. The fourth-order valence-electron chi connectivity index (χ4n) is 3.83. The average molecular weight is 575 g/mol. The molecule has 2 aromatic heterocycles. The molecular weight excluding hydrogens is 544 g/mol. The molecule has 0 spiro atoms. The minimum atomic E-state index is -4.72. The van der Waals surface area contributed by atoms with Crippen molar-refractivity contribution in [1.29, 1.82) is 0 Å². The van der Waals surface area contributed by atoms with Crippen molar-refractivity contribution in [2.45, 2.75) is 44.9 Å². The minimum absolute atomic E-state index is 0.229. The van der Waals surface area contributed by atoms with Crippen molar-refractivity contribution in [3.8, 4) is 11.5 Å². The van der Waals surface area contributed by atoms with Crippen LogP contribution < -0.4 is 9.47 Å². The molecule has 0 radical (unpaired) electrons. The Balaban J connectivity index is 1.17. The number of rotatable bonds is 13. The number of benzene rings is 2. The third-order valence-electron chi connectivity index (χ3n) is 5.63. The first-order chi connectivity index (χ1) is 19.0. The molecule has 0 bridgehead atoms. The summed E-state index contributed by atoms with van der Waals surface area (Å²) in [5.41, 5.74) is 3.40. The quantitative estimate of drug-likeness (QED) is 0.125. The van der Waals surface area contributed by atoms with Crippen LogP contribution >= 0.6 is 7.14 Å². The van der Waals surface area contributed by atoms with Crippen LogP contribution in [0.25, 0.3) is 12.2 Å². The molecule has 0 saturated carbocycles. The Kier molecular flexibility index (Phi) is 9.47. The van der Waals surface area contributed by atoms with Crippen LogP contribution in [0, 0.1) is 0 Å². The third kappa shape index (κ3) is 10.0. The molecule has 12 heteroatoms. The number of oxazole rings is 1. The molecule has 0 aliphatic heterocycles. The zero-order valence-corrected chi connectivity index (χ0v) is 23.1. The van der Waals surface area contributed by atoms with Crippen LogP contribution in [0.1, 0.15) is 41.2 Å². The Bertz CT molecular complexity index is 1440. The van der Waals surface area contributed by atoms with Gasteiger partial charge in [0.1, 0.15) is 37.2 Å². The van der Waals surface area contributed by atoms with E-state index in [0.717, 1.165) is 31.4 Å². The third-order valence-corrected chi connectivity index (χ3v) is 6.60. The van der Waals surface area contributed by atoms with Crippen molar-refractivity contribution in [3.63, 3.8) is 0 Å². The largest absolute Gasteiger partial charge is 0.573 e. The second-order valence-electron chi connectivity index (χ2n) is 9.73. The first-order valence-corrected chi connectivity index (χ1v) is 15.4. The second kappa shape index (κ2) is 13.0. The summed E-state index contributed by atoms with van der Waals surface area (Å²) in [5, 5.41) is 8.22. The first kappa shape index (κ1) is 29.1. The zero-order valence-electron chi connectivity index (χ0n) is 22.2. The fraction of sp³-hybridized carbons (Fsp3) is 0.321. The number of hydrogen-bond donors (Lipinski definition) is 0. The van der Waals surface area contributed by atoms with E-state index in [-0.39, 0.29) is 12.4 Å². The van der Waals surface area contributed by atoms with Gasteiger partial charge in [0.25, 0.3) is 0 Å². The predicted octanol–water partition coefficient (Wildman–Crippen LogP) is 7.06. The lowest BCUT2D eigenvalue weighted by atomic mass is 10.1. The van der Waals surface area contributed by atoms with Crippen molar-refractivity contribution in [2.24, 2.45) is 0 Å². The van der Waals surface area contributed by atoms with E-state index < -0.39 is 13.5 Å². The Morgan fingerprint density at radius 2 is 1.65 bits per heavy atom. The van der Waals surface area contributed by atoms with Crippen LogP contribution in [-0.2, 0) is 30.3 Å². The Hall–Kier alpha value is -3.85. The van der Waals surface area contributed by atoms with Crippen molar-refractivity contribution in [2.75, 3.05) is 13.3 Å². The Morgan fingerprint density at radius 3 is 2.35 bits per heavy atom. The van der Waals surface area contributed by atoms with E-state index in [1.165, 1.54) is 36.1 Å². The van der Waals surface area contributed by atoms with Crippen molar-refractivity contribution in [1.82, 2.24) is 20.0 Å². The van der Waals surface area contributed by atoms with E-state index in [1.807, 2.05) is 30.5 Å². The van der Waals surface area contributed by atoms with Crippen molar-refractivity contribution >= 4 is 19.3 Å². The number of aryl methyl sites for hydroxylation is 2. The lowest BCUT2D eigenvalue weighted by Crippen LogP contribution is -2.16. The molecular formula is C28H30F3N4O4P. The summed E-state index contributed by atoms with van der Waals surface area (Å²) in [5.74, 6) is 0.780. The van der Waals surface area contributed by atoms with E-state index >= 15 is 0 Å². The topological polar surface area (TPSA) is 92.3 Å². The second-order valence-corrected chi connectivity index (χ2v) is 13.2. The maximum absolute atomic E-state index is 12.3. The van der Waals surface area contributed by atoms with Gasteiger partial charge in [-0.05, 0) is 80.5 Å². The minimum Gasteiger partial charge on any atom is -0.487 e. The van der Waals surface area contributed by atoms with Crippen molar-refractivity contribution in [3.05, 3.63) is 89.4 Å². The van der Waals surface area contributed by atoms with Crippen LogP contribution in [0.4, 0.5) is 13.2 Å². The van der Waals surface area contributed by atoms with Gasteiger partial charge in [0.05, 0.1) is 12.0 Å². The molecule has 2 heterocycles. The summed E-state index contributed by atoms with van der Waals surface area (Å²) >= 11 is 0. The van der Waals surface area contributed by atoms with Crippen LogP contribution in [0.3, 0.4) is 0 Å². The highest BCUT2D eigenvalue weighted by Crippen LogP contribution is 2.37. The predicted molar refractivity (Wildman–Crippen MR) is 145 cm³/mol. The number of nitrogens with zero attached hydrogens (tertiary/aromatic N) is 4. The van der Waals surface area contributed by atoms with Gasteiger partial charge in [0, 0.05) is 12.3 Å². The summed E-state index contributed by atoms with van der Waals surface area (Å²) in [7, 11) is -2.18. The number of ether oxygens (including phenoxy) is 2. The molecule has 40 heavy (non-hydrogen) atoms. The molecule has 8 nitrogen and oxygen atoms in total. The number of halogens is 3. The molecule has 0 unspecified atom stereocenters. The van der Waals surface area contributed by atoms with E-state index in [9.17, 15) is 17.7 Å². The summed E-state index contributed by atoms with van der Waals surface area (Å²) in [6, 6.07) is 13.4. The molecule has 212 valence electrons. The van der Waals surface area contributed by atoms with Crippen LogP contribution in [-0.4, -0.2) is 39.7 Å². The standard InChI is InChI=1S/C28H30F3N4O4P/c1-40(2,36)20-35-17-23(33-34-35)6-4-3-5-21-7-12-25(13-8-21)37-18-24-19-38-27(32-24)16-11-22-9-14-26(15-10-22)39-28(29,30)31/h7-17,19H,3-6,18,20H2,1-2H3. The van der Waals surface area contributed by atoms with Crippen LogP contribution in [0.2, 0.25) is 0 Å². The fourth-order valence-corrected chi connectivity index (χ4v) is 4.67. The van der Waals surface area contributed by atoms with Gasteiger partial charge >= 0.3 is 6.36 Å². The van der Waals surface area contributed by atoms with Crippen LogP contribution in [0.5, 0.6) is 11.5 Å². The SMILES string of the molecule is CP(C)(=O)Cn1cc(CCCCc2ccc(OCc3coc(C=Cc4ccc(OC(F)(F)F)cc4)n3)cc2)nn1. The van der Waals surface area contributed by atoms with Gasteiger partial charge in [-0.25, -0.2) is 9.67 Å². The summed E-state index contributed by atoms with van der Waals surface area (Å²) < 4.78 is 65.5. The van der Waals surface area contributed by atoms with E-state index in [4.69, 9.17) is 9.15 Å². The normalized spacial score (nSPS) is 12.2. The summed E-state index contributed by atoms with van der Waals surface area (Å²) in [4.78, 5) is 4.34. The molecule has 0 aliphatic rings. The van der Waals surface area contributed by atoms with Gasteiger partial charge < -0.3 is 18.5 Å². The number of aromatic nitrogens is 4. The van der Waals surface area contributed by atoms with Crippen LogP contribution in [0.15, 0.2) is 65.4 Å². The van der Waals surface area contributed by atoms with Crippen molar-refractivity contribution < 1.29 is 31.6 Å². The summed E-state index contributed by atoms with van der Waals surface area (Å²) in [6.07, 6.45) is 6.10. The highest BCUT2D eigenvalue weighted by Gasteiger charge is 2.30. The molecule has 0 saturated heterocycles. The number of unbranched alkanes of at least 4 members (excludes halogenated alkanes) is 1. The van der Waals surface area contributed by atoms with Gasteiger partial charge in [0.2, 0.25) is 5.89 Å². The molecule has 2 aromatic carbocycles. The van der Waals surface area contributed by atoms with Gasteiger partial charge in [-0.1, -0.05) is 29.5 Å². The summed E-state index contributed by atoms with van der Waals surface area (Å²) in [6.45, 7) is 3.71. The maximum atomic E-state index is 12.3. The molecule has 0 N–H and O–H groups in total. The molecule has 4 aromatic rings. The van der Waals surface area contributed by atoms with E-state index in [0.29, 0.717) is 29.2 Å². The Morgan fingerprint density at radius 1 is 0.950 bits per heavy atom. The van der Waals surface area contributed by atoms with E-state index in [2.05, 4.69) is 20.0 Å². The molecule has 0 amide bonds. The zero-order chi connectivity index (χ0) is 28.6. The lowest BCUT2D eigenvalue weighted by molar-refractivity contribution is -0.274. The van der Waals surface area contributed by atoms with Gasteiger partial charge in [-0.3, -0.25) is 0 Å². The van der Waals surface area contributed by atoms with Gasteiger partial charge in [-0.15, -0.1) is 18.3 Å². The Labute approximate surface area is 230 Å². The number of alkyl halides is 3. The van der Waals surface area contributed by atoms with E-state index in [1.54, 1.807) is 30.2 Å². The maximum Gasteiger partial charge on any atom is 0.573 e. The average Bonchev–Trinajstić information content (AvgIpc) is 3.53. The highest BCUT2D eigenvalue weighted by atomic mass is 31.2. The highest BCUT2D eigenvalue weighted by molar-refractivity contribution is 7.61. The molecule has 0 fully saturated rings. The number of hydrogen-bond acceptors (Lipinski definition) is 7. The monoisotopic (exact) mass is 574 g/mol. The molecule has 4 rings (SSSR count). The molecule has 0 aliphatic carbocycles. The molecule has 0 atom stereocenters. The lowest BCUT2D eigenvalue weighted by Gasteiger charge is -2.08. The first-order valence-electron chi connectivity index (χ1n) is 12.6. The van der Waals surface area contributed by atoms with Gasteiger partial charge in [-0.2, -0.15) is 0 Å².